The number of carbonyl (C=O) groups is 1. The van der Waals surface area contributed by atoms with E-state index in [0.717, 1.165) is 10.2 Å². The molecule has 0 aliphatic heterocycles. The molecule has 0 saturated carbocycles. The van der Waals surface area contributed by atoms with Crippen LogP contribution in [0.3, 0.4) is 0 Å². The highest BCUT2D eigenvalue weighted by Crippen LogP contribution is 2.16. The Labute approximate surface area is 98.3 Å². The zero-order valence-electron chi connectivity index (χ0n) is 7.55. The molecule has 4 nitrogen and oxygen atoms in total. The van der Waals surface area contributed by atoms with Gasteiger partial charge in [-0.05, 0) is 22.0 Å². The van der Waals surface area contributed by atoms with E-state index >= 15 is 0 Å². The van der Waals surface area contributed by atoms with Gasteiger partial charge in [-0.25, -0.2) is 9.78 Å². The second kappa shape index (κ2) is 4.16. The first-order valence-electron chi connectivity index (χ1n) is 4.13. The lowest BCUT2D eigenvalue weighted by atomic mass is 10.4. The van der Waals surface area contributed by atoms with Crippen molar-refractivity contribution in [3.8, 4) is 0 Å². The van der Waals surface area contributed by atoms with E-state index in [2.05, 4.69) is 20.9 Å². The Kier molecular flexibility index (Phi) is 2.88. The van der Waals surface area contributed by atoms with E-state index < -0.39 is 5.97 Å². The molecule has 1 N–H and O–H groups in total. The molecule has 0 bridgehead atoms. The number of carboxylic acid groups (broad SMARTS) is 1. The maximum atomic E-state index is 10.9. The molecule has 2 aromatic rings. The topological polar surface area (TPSA) is 55.1 Å². The average molecular weight is 287 g/mol. The normalized spacial score (nSPS) is 10.5. The van der Waals surface area contributed by atoms with Crippen molar-refractivity contribution in [1.29, 1.82) is 0 Å². The van der Waals surface area contributed by atoms with Crippen molar-refractivity contribution in [2.24, 2.45) is 0 Å². The maximum absolute atomic E-state index is 10.9. The lowest BCUT2D eigenvalue weighted by Gasteiger charge is -2.02. The van der Waals surface area contributed by atoms with Crippen LogP contribution in [0.4, 0.5) is 0 Å². The number of halogens is 1. The minimum absolute atomic E-state index is 0.259. The lowest BCUT2D eigenvalue weighted by molar-refractivity contribution is 0.0685. The van der Waals surface area contributed by atoms with E-state index in [1.165, 1.54) is 11.3 Å². The van der Waals surface area contributed by atoms with Crippen LogP contribution in [0.5, 0.6) is 0 Å². The van der Waals surface area contributed by atoms with Crippen molar-refractivity contribution in [2.75, 3.05) is 0 Å². The van der Waals surface area contributed by atoms with Crippen LogP contribution in [0, 0.1) is 0 Å². The number of aromatic carboxylic acids is 1. The molecule has 2 rings (SSSR count). The second-order valence-electron chi connectivity index (χ2n) is 2.96. The van der Waals surface area contributed by atoms with Crippen molar-refractivity contribution in [3.63, 3.8) is 0 Å². The van der Waals surface area contributed by atoms with Gasteiger partial charge in [-0.1, -0.05) is 0 Å². The molecule has 0 spiro atoms. The first kappa shape index (κ1) is 10.4. The van der Waals surface area contributed by atoms with Crippen molar-refractivity contribution < 1.29 is 9.90 Å². The van der Waals surface area contributed by atoms with Gasteiger partial charge in [0.2, 0.25) is 0 Å². The number of nitrogens with zero attached hydrogens (tertiary/aromatic N) is 2. The summed E-state index contributed by atoms with van der Waals surface area (Å²) < 4.78 is 2.41. The maximum Gasteiger partial charge on any atom is 0.352 e. The largest absolute Gasteiger partial charge is 0.477 e. The van der Waals surface area contributed by atoms with Gasteiger partial charge in [0, 0.05) is 16.0 Å². The van der Waals surface area contributed by atoms with Crippen molar-refractivity contribution in [2.45, 2.75) is 6.54 Å². The first-order chi connectivity index (χ1) is 7.16. The first-order valence-corrected chi connectivity index (χ1v) is 5.86. The highest BCUT2D eigenvalue weighted by atomic mass is 79.9. The van der Waals surface area contributed by atoms with E-state index in [4.69, 9.17) is 5.11 Å². The molecular weight excluding hydrogens is 280 g/mol. The van der Waals surface area contributed by atoms with Crippen LogP contribution in [-0.4, -0.2) is 20.6 Å². The van der Waals surface area contributed by atoms with Crippen molar-refractivity contribution >= 4 is 33.2 Å². The van der Waals surface area contributed by atoms with E-state index in [1.54, 1.807) is 22.3 Å². The Bertz CT molecular complexity index is 478. The third-order valence-electron chi connectivity index (χ3n) is 1.90. The molecule has 0 radical (unpaired) electrons. The van der Waals surface area contributed by atoms with Crippen molar-refractivity contribution in [1.82, 2.24) is 9.55 Å². The quantitative estimate of drug-likeness (QED) is 0.943. The van der Waals surface area contributed by atoms with Gasteiger partial charge in [0.15, 0.2) is 0 Å². The zero-order chi connectivity index (χ0) is 10.8. The third kappa shape index (κ3) is 2.27. The fourth-order valence-corrected chi connectivity index (χ4v) is 2.29. The van der Waals surface area contributed by atoms with Gasteiger partial charge in [0.25, 0.3) is 0 Å². The van der Waals surface area contributed by atoms with Gasteiger partial charge in [-0.2, -0.15) is 0 Å². The smallest absolute Gasteiger partial charge is 0.352 e. The summed E-state index contributed by atoms with van der Waals surface area (Å²) in [7, 11) is 0. The summed E-state index contributed by atoms with van der Waals surface area (Å²) in [4.78, 5) is 15.0. The molecule has 2 heterocycles. The molecule has 78 valence electrons. The Hall–Kier alpha value is -1.14. The van der Waals surface area contributed by atoms with Gasteiger partial charge in [-0.3, -0.25) is 0 Å². The fraction of sp³-hybridized carbons (Fsp3) is 0.111. The standard InChI is InChI=1S/C9H7BrN2O2S/c10-6-1-8(9(13)14)12(2-6)3-7-4-15-5-11-7/h1-2,4-5H,3H2,(H,13,14). The van der Waals surface area contributed by atoms with Gasteiger partial charge in [0.05, 0.1) is 17.7 Å². The predicted molar refractivity (Wildman–Crippen MR) is 60.3 cm³/mol. The monoisotopic (exact) mass is 286 g/mol. The van der Waals surface area contributed by atoms with Crippen LogP contribution in [0.15, 0.2) is 27.6 Å². The van der Waals surface area contributed by atoms with Crippen LogP contribution >= 0.6 is 27.3 Å². The summed E-state index contributed by atoms with van der Waals surface area (Å²) >= 11 is 4.75. The molecule has 0 unspecified atom stereocenters. The van der Waals surface area contributed by atoms with Crippen LogP contribution < -0.4 is 0 Å². The molecule has 0 aliphatic rings. The summed E-state index contributed by atoms with van der Waals surface area (Å²) in [6, 6.07) is 1.58. The molecule has 0 aromatic carbocycles. The minimum Gasteiger partial charge on any atom is -0.477 e. The fourth-order valence-electron chi connectivity index (χ4n) is 1.27. The Morgan fingerprint density at radius 1 is 1.67 bits per heavy atom. The number of rotatable bonds is 3. The molecule has 0 fully saturated rings. The molecular formula is C9H7BrN2O2S. The van der Waals surface area contributed by atoms with Gasteiger partial charge < -0.3 is 9.67 Å². The van der Waals surface area contributed by atoms with Gasteiger partial charge in [-0.15, -0.1) is 11.3 Å². The number of hydrogen-bond donors (Lipinski definition) is 1. The van der Waals surface area contributed by atoms with E-state index in [1.807, 2.05) is 5.38 Å². The number of aromatic nitrogens is 2. The summed E-state index contributed by atoms with van der Waals surface area (Å²) in [6.07, 6.45) is 1.74. The van der Waals surface area contributed by atoms with Crippen LogP contribution in [0.2, 0.25) is 0 Å². The average Bonchev–Trinajstić information content (AvgIpc) is 2.75. The SMILES string of the molecule is O=C(O)c1cc(Br)cn1Cc1cscn1. The molecule has 0 aliphatic carbocycles. The molecule has 6 heteroatoms. The third-order valence-corrected chi connectivity index (χ3v) is 2.97. The predicted octanol–water partition coefficient (Wildman–Crippen LogP) is 2.45. The minimum atomic E-state index is -0.934. The highest BCUT2D eigenvalue weighted by Gasteiger charge is 2.11. The van der Waals surface area contributed by atoms with Crippen LogP contribution in [-0.2, 0) is 6.54 Å². The highest BCUT2D eigenvalue weighted by molar-refractivity contribution is 9.10. The Balaban J connectivity index is 2.31. The van der Waals surface area contributed by atoms with Crippen LogP contribution in [0.25, 0.3) is 0 Å². The number of carboxylic acids is 1. The molecule has 15 heavy (non-hydrogen) atoms. The molecule has 0 atom stereocenters. The molecule has 0 saturated heterocycles. The van der Waals surface area contributed by atoms with E-state index in [0.29, 0.717) is 6.54 Å². The molecule has 0 amide bonds. The zero-order valence-corrected chi connectivity index (χ0v) is 9.96. The van der Waals surface area contributed by atoms with Crippen LogP contribution in [0.1, 0.15) is 16.2 Å². The number of hydrogen-bond acceptors (Lipinski definition) is 3. The van der Waals surface area contributed by atoms with E-state index in [9.17, 15) is 4.79 Å². The summed E-state index contributed by atoms with van der Waals surface area (Å²) in [6.45, 7) is 0.483. The van der Waals surface area contributed by atoms with Crippen molar-refractivity contribution in [3.05, 3.63) is 39.0 Å². The number of thiazole rings is 1. The summed E-state index contributed by atoms with van der Waals surface area (Å²) in [5.74, 6) is -0.934. The Morgan fingerprint density at radius 3 is 3.07 bits per heavy atom. The summed E-state index contributed by atoms with van der Waals surface area (Å²) in [5, 5.41) is 10.9. The Morgan fingerprint density at radius 2 is 2.47 bits per heavy atom. The van der Waals surface area contributed by atoms with Gasteiger partial charge >= 0.3 is 5.97 Å². The van der Waals surface area contributed by atoms with Gasteiger partial charge in [0.1, 0.15) is 5.69 Å². The lowest BCUT2D eigenvalue weighted by Crippen LogP contribution is -2.08. The summed E-state index contributed by atoms with van der Waals surface area (Å²) in [5.41, 5.74) is 2.86. The molecule has 2 aromatic heterocycles. The van der Waals surface area contributed by atoms with E-state index in [-0.39, 0.29) is 5.69 Å². The second-order valence-corrected chi connectivity index (χ2v) is 4.59.